The summed E-state index contributed by atoms with van der Waals surface area (Å²) in [4.78, 5) is 5.96. The van der Waals surface area contributed by atoms with Crippen LogP contribution in [0.4, 0.5) is 0 Å². The first-order valence-corrected chi connectivity index (χ1v) is 7.84. The lowest BCUT2D eigenvalue weighted by molar-refractivity contribution is 0.666. The van der Waals surface area contributed by atoms with Crippen LogP contribution < -0.4 is 5.73 Å². The zero-order valence-electron chi connectivity index (χ0n) is 11.2. The lowest BCUT2D eigenvalue weighted by atomic mass is 10.1. The second-order valence-corrected chi connectivity index (χ2v) is 6.38. The summed E-state index contributed by atoms with van der Waals surface area (Å²) in [6.07, 6.45) is 0. The largest absolute Gasteiger partial charge is 0.329 e. The van der Waals surface area contributed by atoms with Gasteiger partial charge in [-0.1, -0.05) is 23.7 Å². The van der Waals surface area contributed by atoms with E-state index in [0.717, 1.165) is 27.7 Å². The van der Waals surface area contributed by atoms with E-state index in [0.29, 0.717) is 6.54 Å². The molecule has 3 aromatic rings. The predicted octanol–water partition coefficient (Wildman–Crippen LogP) is 3.86. The lowest BCUT2D eigenvalue weighted by Gasteiger charge is -2.14. The van der Waals surface area contributed by atoms with Gasteiger partial charge in [-0.25, -0.2) is 4.98 Å². The van der Waals surface area contributed by atoms with Crippen LogP contribution >= 0.6 is 22.9 Å². The van der Waals surface area contributed by atoms with Crippen molar-refractivity contribution in [2.24, 2.45) is 5.73 Å². The molecule has 5 heteroatoms. The number of nitrogens with zero attached hydrogens (tertiary/aromatic N) is 2. The van der Waals surface area contributed by atoms with Gasteiger partial charge in [-0.05, 0) is 31.2 Å². The van der Waals surface area contributed by atoms with Crippen molar-refractivity contribution in [1.82, 2.24) is 9.55 Å². The third-order valence-corrected chi connectivity index (χ3v) is 4.83. The molecule has 0 saturated carbocycles. The summed E-state index contributed by atoms with van der Waals surface area (Å²) in [5.74, 6) is 1.12. The Morgan fingerprint density at radius 2 is 2.10 bits per heavy atom. The number of nitrogens with two attached hydrogens (primary N) is 1. The topological polar surface area (TPSA) is 43.8 Å². The normalized spacial score (nSPS) is 12.9. The van der Waals surface area contributed by atoms with E-state index < -0.39 is 0 Å². The smallest absolute Gasteiger partial charge is 0.119 e. The van der Waals surface area contributed by atoms with Crippen molar-refractivity contribution >= 4 is 34.0 Å². The minimum atomic E-state index is 0.0971. The van der Waals surface area contributed by atoms with E-state index in [-0.39, 0.29) is 5.92 Å². The maximum Gasteiger partial charge on any atom is 0.119 e. The summed E-state index contributed by atoms with van der Waals surface area (Å²) in [6.45, 7) is 3.54. The standard InChI is InChI=1S/C15H16ClN3S/c1-2-19-12-6-4-3-5-11(12)18-15(19)10(9-17)13-7-8-14(16)20-13/h3-8,10H,2,9,17H2,1H3. The first kappa shape index (κ1) is 13.6. The van der Waals surface area contributed by atoms with Gasteiger partial charge >= 0.3 is 0 Å². The first-order valence-electron chi connectivity index (χ1n) is 6.65. The van der Waals surface area contributed by atoms with Gasteiger partial charge < -0.3 is 10.3 Å². The van der Waals surface area contributed by atoms with Crippen LogP contribution in [0.5, 0.6) is 0 Å². The van der Waals surface area contributed by atoms with Gasteiger partial charge in [0.25, 0.3) is 0 Å². The van der Waals surface area contributed by atoms with Gasteiger partial charge in [0.1, 0.15) is 5.82 Å². The minimum Gasteiger partial charge on any atom is -0.329 e. The van der Waals surface area contributed by atoms with Crippen molar-refractivity contribution in [3.63, 3.8) is 0 Å². The number of para-hydroxylation sites is 2. The first-order chi connectivity index (χ1) is 9.74. The van der Waals surface area contributed by atoms with Gasteiger partial charge in [0, 0.05) is 18.0 Å². The SMILES string of the molecule is CCn1c(C(CN)c2ccc(Cl)s2)nc2ccccc21. The number of benzene rings is 1. The van der Waals surface area contributed by atoms with Gasteiger partial charge in [0.15, 0.2) is 0 Å². The van der Waals surface area contributed by atoms with E-state index in [1.165, 1.54) is 4.88 Å². The Bertz CT molecular complexity index is 732. The van der Waals surface area contributed by atoms with Gasteiger partial charge in [-0.3, -0.25) is 0 Å². The highest BCUT2D eigenvalue weighted by atomic mass is 35.5. The van der Waals surface area contributed by atoms with Crippen molar-refractivity contribution in [3.05, 3.63) is 51.4 Å². The Labute approximate surface area is 127 Å². The molecule has 1 aromatic carbocycles. The molecule has 0 radical (unpaired) electrons. The molecule has 20 heavy (non-hydrogen) atoms. The van der Waals surface area contributed by atoms with Crippen molar-refractivity contribution in [3.8, 4) is 0 Å². The molecule has 0 spiro atoms. The molecule has 3 rings (SSSR count). The number of imidazole rings is 1. The average Bonchev–Trinajstić information content (AvgIpc) is 3.03. The molecule has 0 bridgehead atoms. The zero-order chi connectivity index (χ0) is 14.1. The monoisotopic (exact) mass is 305 g/mol. The van der Waals surface area contributed by atoms with E-state index in [1.54, 1.807) is 11.3 Å². The summed E-state index contributed by atoms with van der Waals surface area (Å²) in [6, 6.07) is 12.2. The third kappa shape index (κ3) is 2.24. The van der Waals surface area contributed by atoms with Crippen LogP contribution in [-0.4, -0.2) is 16.1 Å². The fraction of sp³-hybridized carbons (Fsp3) is 0.267. The van der Waals surface area contributed by atoms with Gasteiger partial charge in [-0.15, -0.1) is 11.3 Å². The molecule has 2 N–H and O–H groups in total. The summed E-state index contributed by atoms with van der Waals surface area (Å²) >= 11 is 7.63. The molecule has 104 valence electrons. The number of thiophene rings is 1. The zero-order valence-corrected chi connectivity index (χ0v) is 12.8. The molecule has 0 saturated heterocycles. The van der Waals surface area contributed by atoms with Crippen molar-refractivity contribution in [2.45, 2.75) is 19.4 Å². The molecular weight excluding hydrogens is 290 g/mol. The molecule has 1 unspecified atom stereocenters. The fourth-order valence-corrected chi connectivity index (χ4v) is 3.73. The van der Waals surface area contributed by atoms with E-state index in [1.807, 2.05) is 30.3 Å². The van der Waals surface area contributed by atoms with Crippen LogP contribution in [0.15, 0.2) is 36.4 Å². The molecule has 0 aliphatic heterocycles. The number of hydrogen-bond acceptors (Lipinski definition) is 3. The Kier molecular flexibility index (Phi) is 3.78. The van der Waals surface area contributed by atoms with Crippen LogP contribution in [0.3, 0.4) is 0 Å². The fourth-order valence-electron chi connectivity index (χ4n) is 2.56. The van der Waals surface area contributed by atoms with Gasteiger partial charge in [-0.2, -0.15) is 0 Å². The molecule has 0 amide bonds. The molecule has 1 atom stereocenters. The summed E-state index contributed by atoms with van der Waals surface area (Å²) in [5, 5.41) is 0. The van der Waals surface area contributed by atoms with E-state index in [4.69, 9.17) is 22.3 Å². The second kappa shape index (κ2) is 5.56. The average molecular weight is 306 g/mol. The van der Waals surface area contributed by atoms with Crippen molar-refractivity contribution in [2.75, 3.05) is 6.54 Å². The molecule has 0 aliphatic carbocycles. The highest BCUT2D eigenvalue weighted by molar-refractivity contribution is 7.16. The van der Waals surface area contributed by atoms with Crippen molar-refractivity contribution in [1.29, 1.82) is 0 Å². The predicted molar refractivity (Wildman–Crippen MR) is 85.6 cm³/mol. The van der Waals surface area contributed by atoms with Crippen LogP contribution in [0.25, 0.3) is 11.0 Å². The Morgan fingerprint density at radius 3 is 2.75 bits per heavy atom. The number of halogens is 1. The van der Waals surface area contributed by atoms with E-state index in [9.17, 15) is 0 Å². The molecule has 2 aromatic heterocycles. The quantitative estimate of drug-likeness (QED) is 0.795. The van der Waals surface area contributed by atoms with E-state index in [2.05, 4.69) is 17.6 Å². The molecular formula is C15H16ClN3S. The maximum atomic E-state index is 6.05. The summed E-state index contributed by atoms with van der Waals surface area (Å²) < 4.78 is 3.03. The number of aryl methyl sites for hydroxylation is 1. The number of fused-ring (bicyclic) bond motifs is 1. The maximum absolute atomic E-state index is 6.05. The van der Waals surface area contributed by atoms with Crippen LogP contribution in [0.2, 0.25) is 4.34 Å². The third-order valence-electron chi connectivity index (χ3n) is 3.49. The number of rotatable bonds is 4. The van der Waals surface area contributed by atoms with Crippen molar-refractivity contribution < 1.29 is 0 Å². The summed E-state index contributed by atoms with van der Waals surface area (Å²) in [7, 11) is 0. The minimum absolute atomic E-state index is 0.0971. The van der Waals surface area contributed by atoms with E-state index >= 15 is 0 Å². The second-order valence-electron chi connectivity index (χ2n) is 4.63. The van der Waals surface area contributed by atoms with Crippen LogP contribution in [-0.2, 0) is 6.54 Å². The molecule has 0 fully saturated rings. The number of hydrogen-bond donors (Lipinski definition) is 1. The molecule has 3 nitrogen and oxygen atoms in total. The number of aromatic nitrogens is 2. The Morgan fingerprint density at radius 1 is 1.30 bits per heavy atom. The lowest BCUT2D eigenvalue weighted by Crippen LogP contribution is -2.17. The highest BCUT2D eigenvalue weighted by Gasteiger charge is 2.21. The van der Waals surface area contributed by atoms with Gasteiger partial charge in [0.2, 0.25) is 0 Å². The highest BCUT2D eigenvalue weighted by Crippen LogP contribution is 2.33. The van der Waals surface area contributed by atoms with Crippen LogP contribution in [0, 0.1) is 0 Å². The Hall–Kier alpha value is -1.36. The summed E-state index contributed by atoms with van der Waals surface area (Å²) in [5.41, 5.74) is 8.18. The van der Waals surface area contributed by atoms with Gasteiger partial charge in [0.05, 0.1) is 21.3 Å². The Balaban J connectivity index is 2.16. The molecule has 0 aliphatic rings. The van der Waals surface area contributed by atoms with Crippen LogP contribution in [0.1, 0.15) is 23.5 Å². The molecule has 2 heterocycles.